The largest absolute Gasteiger partial charge is 0.493 e. The van der Waals surface area contributed by atoms with Crippen LogP contribution in [0.1, 0.15) is 12.0 Å². The van der Waals surface area contributed by atoms with Crippen molar-refractivity contribution in [2.75, 3.05) is 20.2 Å². The zero-order valence-corrected chi connectivity index (χ0v) is 12.3. The van der Waals surface area contributed by atoms with E-state index in [0.717, 1.165) is 36.9 Å². The van der Waals surface area contributed by atoms with E-state index in [-0.39, 0.29) is 0 Å². The van der Waals surface area contributed by atoms with Crippen molar-refractivity contribution in [3.8, 4) is 17.2 Å². The molecule has 3 heteroatoms. The Balaban J connectivity index is 1.73. The molecule has 1 heterocycles. The van der Waals surface area contributed by atoms with E-state index in [1.807, 2.05) is 36.4 Å². The number of hydrogen-bond acceptors (Lipinski definition) is 3. The Morgan fingerprint density at radius 3 is 2.67 bits per heavy atom. The zero-order valence-electron chi connectivity index (χ0n) is 12.3. The van der Waals surface area contributed by atoms with Crippen molar-refractivity contribution in [1.82, 2.24) is 4.90 Å². The van der Waals surface area contributed by atoms with Crippen LogP contribution < -0.4 is 9.47 Å². The Hall–Kier alpha value is -2.00. The van der Waals surface area contributed by atoms with Gasteiger partial charge in [-0.15, -0.1) is 0 Å². The number of likely N-dealkylation sites (tertiary alicyclic amines) is 1. The van der Waals surface area contributed by atoms with Crippen LogP contribution in [0.2, 0.25) is 0 Å². The molecule has 0 unspecified atom stereocenters. The van der Waals surface area contributed by atoms with Crippen molar-refractivity contribution in [3.63, 3.8) is 0 Å². The van der Waals surface area contributed by atoms with Gasteiger partial charge in [0, 0.05) is 13.1 Å². The van der Waals surface area contributed by atoms with E-state index in [4.69, 9.17) is 9.47 Å². The lowest BCUT2D eigenvalue weighted by atomic mass is 10.2. The third-order valence-corrected chi connectivity index (χ3v) is 3.64. The average molecular weight is 282 g/mol. The Labute approximate surface area is 126 Å². The average Bonchev–Trinajstić information content (AvgIpc) is 3.01. The highest BCUT2D eigenvalue weighted by atomic mass is 16.5. The third-order valence-electron chi connectivity index (χ3n) is 3.64. The van der Waals surface area contributed by atoms with Gasteiger partial charge in [-0.25, -0.2) is 0 Å². The molecule has 1 radical (unpaired) electrons. The number of hydrogen-bond donors (Lipinski definition) is 0. The van der Waals surface area contributed by atoms with Crippen molar-refractivity contribution < 1.29 is 9.47 Å². The molecule has 3 rings (SSSR count). The van der Waals surface area contributed by atoms with Gasteiger partial charge in [0.05, 0.1) is 7.11 Å². The molecule has 0 aliphatic carbocycles. The monoisotopic (exact) mass is 282 g/mol. The SMILES string of the molecule is COc1ccccc1Oc1cccc(CN2C[CH]CC2)c1. The molecular weight excluding hydrogens is 262 g/mol. The van der Waals surface area contributed by atoms with Gasteiger partial charge in [-0.3, -0.25) is 4.90 Å². The minimum atomic E-state index is 0.742. The van der Waals surface area contributed by atoms with Gasteiger partial charge in [-0.2, -0.15) is 0 Å². The maximum atomic E-state index is 5.95. The Bertz CT molecular complexity index is 591. The van der Waals surface area contributed by atoms with E-state index in [1.54, 1.807) is 7.11 Å². The molecule has 1 saturated heterocycles. The summed E-state index contributed by atoms with van der Waals surface area (Å²) in [5, 5.41) is 0. The maximum absolute atomic E-state index is 5.95. The molecule has 0 bridgehead atoms. The topological polar surface area (TPSA) is 21.7 Å². The summed E-state index contributed by atoms with van der Waals surface area (Å²) in [7, 11) is 1.66. The number of benzene rings is 2. The molecule has 2 aromatic rings. The second kappa shape index (κ2) is 6.64. The van der Waals surface area contributed by atoms with Crippen LogP contribution in [0.4, 0.5) is 0 Å². The Morgan fingerprint density at radius 2 is 1.90 bits per heavy atom. The predicted octanol–water partition coefficient (Wildman–Crippen LogP) is 3.90. The normalized spacial score (nSPS) is 15.1. The summed E-state index contributed by atoms with van der Waals surface area (Å²) < 4.78 is 11.3. The van der Waals surface area contributed by atoms with Gasteiger partial charge < -0.3 is 9.47 Å². The molecule has 2 aromatic carbocycles. The van der Waals surface area contributed by atoms with E-state index >= 15 is 0 Å². The van der Waals surface area contributed by atoms with Gasteiger partial charge in [0.1, 0.15) is 5.75 Å². The molecule has 0 N–H and O–H groups in total. The van der Waals surface area contributed by atoms with Gasteiger partial charge in [-0.05, 0) is 49.2 Å². The van der Waals surface area contributed by atoms with E-state index in [9.17, 15) is 0 Å². The van der Waals surface area contributed by atoms with Crippen LogP contribution in [0.3, 0.4) is 0 Å². The first-order valence-electron chi connectivity index (χ1n) is 7.29. The lowest BCUT2D eigenvalue weighted by Crippen LogP contribution is -2.18. The second-order valence-corrected chi connectivity index (χ2v) is 5.21. The highest BCUT2D eigenvalue weighted by Crippen LogP contribution is 2.31. The predicted molar refractivity (Wildman–Crippen MR) is 83.7 cm³/mol. The van der Waals surface area contributed by atoms with E-state index in [2.05, 4.69) is 23.5 Å². The van der Waals surface area contributed by atoms with Gasteiger partial charge >= 0.3 is 0 Å². The van der Waals surface area contributed by atoms with E-state index < -0.39 is 0 Å². The summed E-state index contributed by atoms with van der Waals surface area (Å²) in [4.78, 5) is 2.43. The molecule has 21 heavy (non-hydrogen) atoms. The second-order valence-electron chi connectivity index (χ2n) is 5.21. The van der Waals surface area contributed by atoms with Crippen molar-refractivity contribution in [1.29, 1.82) is 0 Å². The highest BCUT2D eigenvalue weighted by Gasteiger charge is 2.12. The minimum Gasteiger partial charge on any atom is -0.493 e. The molecule has 0 amide bonds. The minimum absolute atomic E-state index is 0.742. The lowest BCUT2D eigenvalue weighted by Gasteiger charge is -2.15. The van der Waals surface area contributed by atoms with Gasteiger partial charge in [0.2, 0.25) is 0 Å². The van der Waals surface area contributed by atoms with Crippen molar-refractivity contribution >= 4 is 0 Å². The van der Waals surface area contributed by atoms with Crippen LogP contribution >= 0.6 is 0 Å². The third kappa shape index (κ3) is 3.56. The van der Waals surface area contributed by atoms with E-state index in [1.165, 1.54) is 12.0 Å². The molecule has 0 aromatic heterocycles. The summed E-state index contributed by atoms with van der Waals surface area (Å²) >= 11 is 0. The van der Waals surface area contributed by atoms with Crippen LogP contribution in [0.25, 0.3) is 0 Å². The number of rotatable bonds is 5. The zero-order chi connectivity index (χ0) is 14.5. The van der Waals surface area contributed by atoms with Crippen molar-refractivity contribution in [3.05, 3.63) is 60.5 Å². The number of ether oxygens (including phenoxy) is 2. The summed E-state index contributed by atoms with van der Waals surface area (Å²) in [6, 6.07) is 16.0. The lowest BCUT2D eigenvalue weighted by molar-refractivity contribution is 0.336. The first-order chi connectivity index (χ1) is 10.3. The quantitative estimate of drug-likeness (QED) is 0.830. The van der Waals surface area contributed by atoms with Gasteiger partial charge in [0.25, 0.3) is 0 Å². The Kier molecular flexibility index (Phi) is 4.41. The molecule has 1 aliphatic rings. The molecular formula is C18H20NO2. The number of nitrogens with zero attached hydrogens (tertiary/aromatic N) is 1. The maximum Gasteiger partial charge on any atom is 0.169 e. The molecule has 0 saturated carbocycles. The number of para-hydroxylation sites is 2. The summed E-state index contributed by atoms with van der Waals surface area (Å²) in [6.07, 6.45) is 3.52. The fourth-order valence-corrected chi connectivity index (χ4v) is 2.58. The Morgan fingerprint density at radius 1 is 1.05 bits per heavy atom. The van der Waals surface area contributed by atoms with Crippen LogP contribution in [0.15, 0.2) is 48.5 Å². The van der Waals surface area contributed by atoms with Crippen LogP contribution in [-0.2, 0) is 6.54 Å². The standard InChI is InChI=1S/C18H20NO2/c1-20-17-9-2-3-10-18(17)21-16-8-6-7-15(13-16)14-19-11-4-5-12-19/h2-4,6-10,13H,5,11-12,14H2,1H3. The van der Waals surface area contributed by atoms with Crippen molar-refractivity contribution in [2.24, 2.45) is 0 Å². The summed E-state index contributed by atoms with van der Waals surface area (Å²) in [6.45, 7) is 3.20. The molecule has 1 fully saturated rings. The van der Waals surface area contributed by atoms with Crippen LogP contribution in [-0.4, -0.2) is 25.1 Å². The first kappa shape index (κ1) is 14.0. The smallest absolute Gasteiger partial charge is 0.169 e. The summed E-state index contributed by atoms with van der Waals surface area (Å²) in [5.74, 6) is 2.34. The van der Waals surface area contributed by atoms with Crippen molar-refractivity contribution in [2.45, 2.75) is 13.0 Å². The molecule has 1 aliphatic heterocycles. The summed E-state index contributed by atoms with van der Waals surface area (Å²) in [5.41, 5.74) is 1.28. The molecule has 0 atom stereocenters. The van der Waals surface area contributed by atoms with Crippen LogP contribution in [0.5, 0.6) is 17.2 Å². The fraction of sp³-hybridized carbons (Fsp3) is 0.278. The van der Waals surface area contributed by atoms with Gasteiger partial charge in [-0.1, -0.05) is 24.3 Å². The van der Waals surface area contributed by atoms with E-state index in [0.29, 0.717) is 0 Å². The first-order valence-corrected chi connectivity index (χ1v) is 7.29. The molecule has 0 spiro atoms. The number of methoxy groups -OCH3 is 1. The van der Waals surface area contributed by atoms with Gasteiger partial charge in [0.15, 0.2) is 11.5 Å². The molecule has 109 valence electrons. The van der Waals surface area contributed by atoms with Crippen LogP contribution in [0, 0.1) is 6.42 Å². The molecule has 3 nitrogen and oxygen atoms in total. The fourth-order valence-electron chi connectivity index (χ4n) is 2.58. The highest BCUT2D eigenvalue weighted by molar-refractivity contribution is 5.43.